The normalized spacial score (nSPS) is 20.0. The van der Waals surface area contributed by atoms with Crippen LogP contribution in [0.25, 0.3) is 0 Å². The molecule has 1 aromatic carbocycles. The van der Waals surface area contributed by atoms with Crippen molar-refractivity contribution in [2.75, 3.05) is 20.2 Å². The van der Waals surface area contributed by atoms with Gasteiger partial charge in [0, 0.05) is 20.2 Å². The summed E-state index contributed by atoms with van der Waals surface area (Å²) in [7, 11) is -2.67. The summed E-state index contributed by atoms with van der Waals surface area (Å²) in [5, 5.41) is 8.65. The lowest BCUT2D eigenvalue weighted by atomic mass is 10.1. The second kappa shape index (κ2) is 6.49. The SMILES string of the molecule is COC1CCCN(S(=O)(=O)c2cc(C(=O)O)c(Cl)cc2F)C1. The maximum atomic E-state index is 14.0. The fourth-order valence-corrected chi connectivity index (χ4v) is 4.16. The third kappa shape index (κ3) is 3.24. The van der Waals surface area contributed by atoms with E-state index in [0.717, 1.165) is 10.4 Å². The van der Waals surface area contributed by atoms with Gasteiger partial charge in [-0.05, 0) is 25.0 Å². The molecule has 0 aromatic heterocycles. The van der Waals surface area contributed by atoms with E-state index in [1.807, 2.05) is 0 Å². The van der Waals surface area contributed by atoms with Gasteiger partial charge < -0.3 is 9.84 Å². The molecular formula is C13H15ClFNO5S. The first-order valence-electron chi connectivity index (χ1n) is 6.52. The molecule has 1 N–H and O–H groups in total. The van der Waals surface area contributed by atoms with Gasteiger partial charge in [0.05, 0.1) is 16.7 Å². The highest BCUT2D eigenvalue weighted by molar-refractivity contribution is 7.89. The Morgan fingerprint density at radius 1 is 1.50 bits per heavy atom. The van der Waals surface area contributed by atoms with E-state index in [-0.39, 0.29) is 24.2 Å². The van der Waals surface area contributed by atoms with Crippen LogP contribution >= 0.6 is 11.6 Å². The van der Waals surface area contributed by atoms with E-state index in [2.05, 4.69) is 0 Å². The minimum Gasteiger partial charge on any atom is -0.478 e. The number of halogens is 2. The Kier molecular flexibility index (Phi) is 5.06. The zero-order valence-electron chi connectivity index (χ0n) is 11.8. The van der Waals surface area contributed by atoms with E-state index >= 15 is 0 Å². The van der Waals surface area contributed by atoms with Crippen LogP contribution in [0.4, 0.5) is 4.39 Å². The van der Waals surface area contributed by atoms with Crippen LogP contribution in [0.3, 0.4) is 0 Å². The van der Waals surface area contributed by atoms with E-state index in [1.165, 1.54) is 7.11 Å². The van der Waals surface area contributed by atoms with E-state index in [1.54, 1.807) is 0 Å². The summed E-state index contributed by atoms with van der Waals surface area (Å²) < 4.78 is 45.4. The highest BCUT2D eigenvalue weighted by atomic mass is 35.5. The Labute approximate surface area is 132 Å². The smallest absolute Gasteiger partial charge is 0.337 e. The Morgan fingerprint density at radius 3 is 2.77 bits per heavy atom. The van der Waals surface area contributed by atoms with Crippen LogP contribution < -0.4 is 0 Å². The van der Waals surface area contributed by atoms with Gasteiger partial charge in [-0.1, -0.05) is 11.6 Å². The van der Waals surface area contributed by atoms with Gasteiger partial charge in [-0.15, -0.1) is 0 Å². The molecule has 0 spiro atoms. The number of hydrogen-bond acceptors (Lipinski definition) is 4. The van der Waals surface area contributed by atoms with Crippen molar-refractivity contribution < 1.29 is 27.4 Å². The fraction of sp³-hybridized carbons (Fsp3) is 0.462. The van der Waals surface area contributed by atoms with E-state index in [4.69, 9.17) is 21.4 Å². The van der Waals surface area contributed by atoms with Gasteiger partial charge in [-0.25, -0.2) is 17.6 Å². The number of carboxylic acid groups (broad SMARTS) is 1. The van der Waals surface area contributed by atoms with Gasteiger partial charge in [0.2, 0.25) is 10.0 Å². The number of hydrogen-bond donors (Lipinski definition) is 1. The van der Waals surface area contributed by atoms with Gasteiger partial charge in [-0.3, -0.25) is 0 Å². The van der Waals surface area contributed by atoms with Gasteiger partial charge in [-0.2, -0.15) is 4.31 Å². The standard InChI is InChI=1S/C13H15ClFNO5S/c1-21-8-3-2-4-16(7-8)22(19,20)12-5-9(13(17)18)10(14)6-11(12)15/h5-6,8H,2-4,7H2,1H3,(H,17,18). The van der Waals surface area contributed by atoms with Crippen molar-refractivity contribution in [1.29, 1.82) is 0 Å². The molecular weight excluding hydrogens is 337 g/mol. The first-order valence-corrected chi connectivity index (χ1v) is 8.34. The Balaban J connectivity index is 2.45. The highest BCUT2D eigenvalue weighted by Crippen LogP contribution is 2.28. The Bertz CT molecular complexity index is 694. The average molecular weight is 352 g/mol. The van der Waals surface area contributed by atoms with Gasteiger partial charge >= 0.3 is 5.97 Å². The first kappa shape index (κ1) is 17.1. The number of piperidine rings is 1. The van der Waals surface area contributed by atoms with Crippen LogP contribution in [0.2, 0.25) is 5.02 Å². The van der Waals surface area contributed by atoms with E-state index in [0.29, 0.717) is 18.9 Å². The van der Waals surface area contributed by atoms with Crippen molar-refractivity contribution >= 4 is 27.6 Å². The van der Waals surface area contributed by atoms with E-state index < -0.39 is 32.3 Å². The summed E-state index contributed by atoms with van der Waals surface area (Å²) in [4.78, 5) is 10.4. The molecule has 0 aliphatic carbocycles. The molecule has 0 radical (unpaired) electrons. The summed E-state index contributed by atoms with van der Waals surface area (Å²) in [6, 6.07) is 1.46. The van der Waals surface area contributed by atoms with Crippen LogP contribution in [0, 0.1) is 5.82 Å². The molecule has 1 fully saturated rings. The molecule has 1 atom stereocenters. The number of sulfonamides is 1. The first-order chi connectivity index (χ1) is 10.3. The molecule has 1 saturated heterocycles. The quantitative estimate of drug-likeness (QED) is 0.896. The zero-order chi connectivity index (χ0) is 16.5. The van der Waals surface area contributed by atoms with Crippen LogP contribution in [-0.2, 0) is 14.8 Å². The third-order valence-corrected chi connectivity index (χ3v) is 5.74. The summed E-state index contributed by atoms with van der Waals surface area (Å²) >= 11 is 5.63. The van der Waals surface area contributed by atoms with Gasteiger partial charge in [0.15, 0.2) is 0 Å². The molecule has 122 valence electrons. The second-order valence-corrected chi connectivity index (χ2v) is 7.24. The summed E-state index contributed by atoms with van der Waals surface area (Å²) in [6.07, 6.45) is 1.03. The second-order valence-electron chi connectivity index (χ2n) is 4.93. The predicted octanol–water partition coefficient (Wildman–Crippen LogP) is 1.98. The fourth-order valence-electron chi connectivity index (χ4n) is 2.35. The number of carbonyl (C=O) groups is 1. The molecule has 0 bridgehead atoms. The molecule has 1 aliphatic rings. The molecule has 6 nitrogen and oxygen atoms in total. The predicted molar refractivity (Wildman–Crippen MR) is 77.2 cm³/mol. The molecule has 2 rings (SSSR count). The monoisotopic (exact) mass is 351 g/mol. The van der Waals surface area contributed by atoms with Crippen LogP contribution in [-0.4, -0.2) is 50.1 Å². The Morgan fingerprint density at radius 2 is 2.18 bits per heavy atom. The molecule has 9 heteroatoms. The lowest BCUT2D eigenvalue weighted by Crippen LogP contribution is -2.43. The number of methoxy groups -OCH3 is 1. The summed E-state index contributed by atoms with van der Waals surface area (Å²) in [5.41, 5.74) is -0.457. The van der Waals surface area contributed by atoms with Crippen molar-refractivity contribution in [3.8, 4) is 0 Å². The molecule has 0 saturated carbocycles. The van der Waals surface area contributed by atoms with Gasteiger partial charge in [0.1, 0.15) is 10.7 Å². The molecule has 1 aliphatic heterocycles. The lowest BCUT2D eigenvalue weighted by Gasteiger charge is -2.31. The van der Waals surface area contributed by atoms with Crippen molar-refractivity contribution in [2.24, 2.45) is 0 Å². The van der Waals surface area contributed by atoms with Crippen LogP contribution in [0.5, 0.6) is 0 Å². The maximum absolute atomic E-state index is 14.0. The highest BCUT2D eigenvalue weighted by Gasteiger charge is 2.33. The van der Waals surface area contributed by atoms with Crippen LogP contribution in [0.15, 0.2) is 17.0 Å². The minimum absolute atomic E-state index is 0.101. The third-order valence-electron chi connectivity index (χ3n) is 3.54. The van der Waals surface area contributed by atoms with Crippen LogP contribution in [0.1, 0.15) is 23.2 Å². The van der Waals surface area contributed by atoms with Crippen molar-refractivity contribution in [3.05, 3.63) is 28.5 Å². The topological polar surface area (TPSA) is 83.9 Å². The molecule has 1 heterocycles. The molecule has 1 unspecified atom stereocenters. The number of rotatable bonds is 4. The molecule has 22 heavy (non-hydrogen) atoms. The number of nitrogens with zero attached hydrogens (tertiary/aromatic N) is 1. The molecule has 1 aromatic rings. The summed E-state index contributed by atoms with van der Waals surface area (Å²) in [6.45, 7) is 0.329. The maximum Gasteiger partial charge on any atom is 0.337 e. The van der Waals surface area contributed by atoms with Crippen molar-refractivity contribution in [3.63, 3.8) is 0 Å². The average Bonchev–Trinajstić information content (AvgIpc) is 2.46. The van der Waals surface area contributed by atoms with E-state index in [9.17, 15) is 17.6 Å². The lowest BCUT2D eigenvalue weighted by molar-refractivity contribution is 0.0571. The molecule has 0 amide bonds. The number of ether oxygens (including phenoxy) is 1. The van der Waals surface area contributed by atoms with Crippen molar-refractivity contribution in [1.82, 2.24) is 4.31 Å². The summed E-state index contributed by atoms with van der Waals surface area (Å²) in [5.74, 6) is -2.50. The van der Waals surface area contributed by atoms with Crippen molar-refractivity contribution in [2.45, 2.75) is 23.8 Å². The van der Waals surface area contributed by atoms with Gasteiger partial charge in [0.25, 0.3) is 0 Å². The number of aromatic carboxylic acids is 1. The number of carboxylic acids is 1. The zero-order valence-corrected chi connectivity index (χ0v) is 13.3. The largest absolute Gasteiger partial charge is 0.478 e. The number of benzene rings is 1. The minimum atomic E-state index is -4.15. The Hall–Kier alpha value is -1.22.